The van der Waals surface area contributed by atoms with Gasteiger partial charge in [-0.3, -0.25) is 4.79 Å². The van der Waals surface area contributed by atoms with E-state index >= 15 is 0 Å². The molecular formula is C21H30N4O3. The first kappa shape index (κ1) is 20.2. The van der Waals surface area contributed by atoms with Crippen LogP contribution in [0.5, 0.6) is 0 Å². The first-order valence-corrected chi connectivity index (χ1v) is 9.93. The molecule has 3 heterocycles. The van der Waals surface area contributed by atoms with Crippen LogP contribution in [0.3, 0.4) is 0 Å². The van der Waals surface area contributed by atoms with E-state index in [0.29, 0.717) is 39.0 Å². The second-order valence-electron chi connectivity index (χ2n) is 8.27. The highest BCUT2D eigenvalue weighted by molar-refractivity contribution is 5.76. The molecule has 2 aromatic heterocycles. The summed E-state index contributed by atoms with van der Waals surface area (Å²) in [5, 5.41) is 0. The van der Waals surface area contributed by atoms with E-state index in [1.54, 1.807) is 4.90 Å². The number of hydrogen-bond acceptors (Lipinski definition) is 4. The maximum absolute atomic E-state index is 12.8. The van der Waals surface area contributed by atoms with Gasteiger partial charge in [0, 0.05) is 44.5 Å². The highest BCUT2D eigenvalue weighted by atomic mass is 16.6. The fraction of sp³-hybridized carbons (Fsp3) is 0.571. The van der Waals surface area contributed by atoms with E-state index in [2.05, 4.69) is 9.38 Å². The topological polar surface area (TPSA) is 67.2 Å². The van der Waals surface area contributed by atoms with Crippen LogP contribution < -0.4 is 0 Å². The summed E-state index contributed by atoms with van der Waals surface area (Å²) in [4.78, 5) is 33.2. The van der Waals surface area contributed by atoms with E-state index in [4.69, 9.17) is 4.74 Å². The summed E-state index contributed by atoms with van der Waals surface area (Å²) < 4.78 is 7.50. The molecular weight excluding hydrogens is 356 g/mol. The summed E-state index contributed by atoms with van der Waals surface area (Å²) in [5.74, 6) is 0.122. The van der Waals surface area contributed by atoms with Gasteiger partial charge in [-0.25, -0.2) is 9.78 Å². The van der Waals surface area contributed by atoms with Crippen LogP contribution in [0, 0.1) is 6.92 Å². The molecule has 1 aliphatic rings. The van der Waals surface area contributed by atoms with Gasteiger partial charge in [0.1, 0.15) is 11.2 Å². The Bertz CT molecular complexity index is 853. The Morgan fingerprint density at radius 2 is 1.82 bits per heavy atom. The lowest BCUT2D eigenvalue weighted by Crippen LogP contribution is -2.40. The van der Waals surface area contributed by atoms with Gasteiger partial charge in [-0.15, -0.1) is 0 Å². The van der Waals surface area contributed by atoms with Crippen LogP contribution in [0.1, 0.15) is 45.0 Å². The van der Waals surface area contributed by atoms with Gasteiger partial charge in [-0.2, -0.15) is 0 Å². The van der Waals surface area contributed by atoms with E-state index in [1.165, 1.54) is 0 Å². The van der Waals surface area contributed by atoms with Gasteiger partial charge in [0.15, 0.2) is 0 Å². The van der Waals surface area contributed by atoms with Crippen molar-refractivity contribution in [2.45, 2.75) is 52.6 Å². The minimum Gasteiger partial charge on any atom is -0.444 e. The second kappa shape index (κ2) is 8.20. The third kappa shape index (κ3) is 4.82. The Morgan fingerprint density at radius 3 is 2.57 bits per heavy atom. The van der Waals surface area contributed by atoms with Gasteiger partial charge in [0.05, 0.1) is 5.69 Å². The fourth-order valence-corrected chi connectivity index (χ4v) is 3.52. The van der Waals surface area contributed by atoms with Crippen molar-refractivity contribution in [3.63, 3.8) is 0 Å². The van der Waals surface area contributed by atoms with Gasteiger partial charge in [-0.1, -0.05) is 6.07 Å². The first-order valence-electron chi connectivity index (χ1n) is 9.93. The molecule has 0 aliphatic carbocycles. The highest BCUT2D eigenvalue weighted by Crippen LogP contribution is 2.16. The lowest BCUT2D eigenvalue weighted by Gasteiger charge is -2.26. The Morgan fingerprint density at radius 1 is 1.11 bits per heavy atom. The molecule has 3 rings (SSSR count). The molecule has 0 radical (unpaired) electrons. The molecule has 2 amide bonds. The average Bonchev–Trinajstić information content (AvgIpc) is 2.79. The largest absolute Gasteiger partial charge is 0.444 e. The van der Waals surface area contributed by atoms with E-state index in [9.17, 15) is 9.59 Å². The molecule has 28 heavy (non-hydrogen) atoms. The average molecular weight is 386 g/mol. The maximum atomic E-state index is 12.8. The molecule has 0 N–H and O–H groups in total. The molecule has 1 fully saturated rings. The van der Waals surface area contributed by atoms with Gasteiger partial charge >= 0.3 is 6.09 Å². The number of amides is 2. The van der Waals surface area contributed by atoms with Crippen molar-refractivity contribution >= 4 is 17.6 Å². The van der Waals surface area contributed by atoms with Gasteiger partial charge in [0.25, 0.3) is 0 Å². The van der Waals surface area contributed by atoms with Crippen LogP contribution in [-0.2, 0) is 16.0 Å². The van der Waals surface area contributed by atoms with Gasteiger partial charge in [-0.05, 0) is 52.7 Å². The lowest BCUT2D eigenvalue weighted by molar-refractivity contribution is -0.131. The summed E-state index contributed by atoms with van der Waals surface area (Å²) in [5.41, 5.74) is 2.44. The minimum atomic E-state index is -0.509. The number of aryl methyl sites for hydroxylation is 2. The van der Waals surface area contributed by atoms with Crippen LogP contribution in [0.15, 0.2) is 24.4 Å². The van der Waals surface area contributed by atoms with E-state index < -0.39 is 5.60 Å². The maximum Gasteiger partial charge on any atom is 0.410 e. The monoisotopic (exact) mass is 386 g/mol. The van der Waals surface area contributed by atoms with E-state index in [-0.39, 0.29) is 12.0 Å². The third-order valence-electron chi connectivity index (χ3n) is 4.91. The van der Waals surface area contributed by atoms with Crippen LogP contribution in [0.25, 0.3) is 5.65 Å². The SMILES string of the molecule is Cc1nc2ccccn2c1CCC(=O)N1CCCN(C(=O)OC(C)(C)C)CC1. The first-order chi connectivity index (χ1) is 13.2. The standard InChI is InChI=1S/C21H30N4O3/c1-16-17(25-13-6-5-8-18(25)22-16)9-10-19(26)23-11-7-12-24(15-14-23)20(27)28-21(2,3)4/h5-6,8,13H,7,9-12,14-15H2,1-4H3. The Kier molecular flexibility index (Phi) is 5.91. The zero-order valence-electron chi connectivity index (χ0n) is 17.3. The number of fused-ring (bicyclic) bond motifs is 1. The summed E-state index contributed by atoms with van der Waals surface area (Å²) in [6, 6.07) is 5.90. The molecule has 0 atom stereocenters. The lowest BCUT2D eigenvalue weighted by atomic mass is 10.2. The normalized spacial score (nSPS) is 15.6. The Balaban J connectivity index is 1.56. The van der Waals surface area contributed by atoms with Crippen LogP contribution >= 0.6 is 0 Å². The number of aromatic nitrogens is 2. The molecule has 2 aromatic rings. The van der Waals surface area contributed by atoms with Crippen molar-refractivity contribution in [3.8, 4) is 0 Å². The molecule has 152 valence electrons. The number of pyridine rings is 1. The molecule has 0 saturated carbocycles. The van der Waals surface area contributed by atoms with Crippen molar-refractivity contribution in [3.05, 3.63) is 35.8 Å². The number of nitrogens with zero attached hydrogens (tertiary/aromatic N) is 4. The number of carbonyl (C=O) groups is 2. The smallest absolute Gasteiger partial charge is 0.410 e. The van der Waals surface area contributed by atoms with Crippen LogP contribution in [-0.4, -0.2) is 63.0 Å². The predicted octanol–water partition coefficient (Wildman–Crippen LogP) is 3.04. The van der Waals surface area contributed by atoms with Gasteiger partial charge in [0.2, 0.25) is 5.91 Å². The van der Waals surface area contributed by atoms with Crippen molar-refractivity contribution in [1.29, 1.82) is 0 Å². The zero-order valence-corrected chi connectivity index (χ0v) is 17.3. The Hall–Kier alpha value is -2.57. The highest BCUT2D eigenvalue weighted by Gasteiger charge is 2.26. The zero-order chi connectivity index (χ0) is 20.3. The third-order valence-corrected chi connectivity index (χ3v) is 4.91. The van der Waals surface area contributed by atoms with E-state index in [0.717, 1.165) is 23.5 Å². The summed E-state index contributed by atoms with van der Waals surface area (Å²) in [6.07, 6.45) is 3.54. The van der Waals surface area contributed by atoms with Crippen molar-refractivity contribution < 1.29 is 14.3 Å². The summed E-state index contributed by atoms with van der Waals surface area (Å²) >= 11 is 0. The van der Waals surface area contributed by atoms with Crippen molar-refractivity contribution in [2.24, 2.45) is 0 Å². The van der Waals surface area contributed by atoms with Gasteiger partial charge < -0.3 is 18.9 Å². The molecule has 0 spiro atoms. The minimum absolute atomic E-state index is 0.122. The molecule has 1 aliphatic heterocycles. The van der Waals surface area contributed by atoms with Crippen LogP contribution in [0.2, 0.25) is 0 Å². The molecule has 7 heteroatoms. The number of rotatable bonds is 3. The summed E-state index contributed by atoms with van der Waals surface area (Å²) in [7, 11) is 0. The fourth-order valence-electron chi connectivity index (χ4n) is 3.52. The number of imidazole rings is 1. The molecule has 7 nitrogen and oxygen atoms in total. The van der Waals surface area contributed by atoms with Crippen molar-refractivity contribution in [2.75, 3.05) is 26.2 Å². The predicted molar refractivity (Wildman–Crippen MR) is 107 cm³/mol. The Labute approximate surface area is 166 Å². The quantitative estimate of drug-likeness (QED) is 0.813. The second-order valence-corrected chi connectivity index (χ2v) is 8.27. The number of ether oxygens (including phenoxy) is 1. The molecule has 0 aromatic carbocycles. The number of hydrogen-bond donors (Lipinski definition) is 0. The molecule has 0 bridgehead atoms. The van der Waals surface area contributed by atoms with E-state index in [1.807, 2.05) is 57.0 Å². The summed E-state index contributed by atoms with van der Waals surface area (Å²) in [6.45, 7) is 9.91. The van der Waals surface area contributed by atoms with Crippen molar-refractivity contribution in [1.82, 2.24) is 19.2 Å². The number of carbonyl (C=O) groups excluding carboxylic acids is 2. The molecule has 1 saturated heterocycles. The molecule has 0 unspecified atom stereocenters. The van der Waals surface area contributed by atoms with Crippen LogP contribution in [0.4, 0.5) is 4.79 Å².